The number of rotatable bonds is 4. The minimum Gasteiger partial charge on any atom is -0.393 e. The Labute approximate surface area is 66.7 Å². The van der Waals surface area contributed by atoms with E-state index in [1.807, 2.05) is 0 Å². The average molecular weight is 158 g/mol. The van der Waals surface area contributed by atoms with Crippen molar-refractivity contribution in [2.24, 2.45) is 0 Å². The molecule has 0 amide bonds. The van der Waals surface area contributed by atoms with Crippen LogP contribution in [0.25, 0.3) is 0 Å². The van der Waals surface area contributed by atoms with Gasteiger partial charge in [-0.25, -0.2) is 0 Å². The molecular weight excluding hydrogens is 144 g/mol. The van der Waals surface area contributed by atoms with Gasteiger partial charge in [-0.3, -0.25) is 9.59 Å². The third-order valence-corrected chi connectivity index (χ3v) is 1.24. The van der Waals surface area contributed by atoms with E-state index in [0.717, 1.165) is 19.3 Å². The fourth-order valence-electron chi connectivity index (χ4n) is 0.731. The molecule has 0 atom stereocenters. The molecule has 0 bridgehead atoms. The lowest BCUT2D eigenvalue weighted by Crippen LogP contribution is -2.08. The van der Waals surface area contributed by atoms with Gasteiger partial charge in [-0.05, 0) is 6.42 Å². The highest BCUT2D eigenvalue weighted by Crippen LogP contribution is 2.00. The molecule has 11 heavy (non-hydrogen) atoms. The molecule has 0 saturated heterocycles. The topological polar surface area (TPSA) is 43.4 Å². The summed E-state index contributed by atoms with van der Waals surface area (Å²) in [4.78, 5) is 20.9. The summed E-state index contributed by atoms with van der Waals surface area (Å²) in [6, 6.07) is 0. The number of unbranched alkanes of at least 4 members (excludes halogenated alkanes) is 2. The third-order valence-electron chi connectivity index (χ3n) is 1.24. The molecule has 0 aliphatic heterocycles. The van der Waals surface area contributed by atoms with Crippen LogP contribution in [0, 0.1) is 0 Å². The molecule has 3 heteroatoms. The van der Waals surface area contributed by atoms with Crippen molar-refractivity contribution in [3.8, 4) is 0 Å². The van der Waals surface area contributed by atoms with E-state index >= 15 is 0 Å². The standard InChI is InChI=1S/C8H14O3/c1-3-4-5-6-8(10)11-7(2)9/h3-6H2,1-2H3. The van der Waals surface area contributed by atoms with Crippen LogP contribution in [0.1, 0.15) is 39.5 Å². The van der Waals surface area contributed by atoms with E-state index in [1.54, 1.807) is 0 Å². The van der Waals surface area contributed by atoms with Gasteiger partial charge in [-0.15, -0.1) is 0 Å². The van der Waals surface area contributed by atoms with Gasteiger partial charge in [0.2, 0.25) is 0 Å². The third kappa shape index (κ3) is 7.03. The van der Waals surface area contributed by atoms with E-state index in [4.69, 9.17) is 0 Å². The summed E-state index contributed by atoms with van der Waals surface area (Å²) in [7, 11) is 0. The van der Waals surface area contributed by atoms with Crippen molar-refractivity contribution in [3.05, 3.63) is 0 Å². The zero-order chi connectivity index (χ0) is 8.69. The zero-order valence-electron chi connectivity index (χ0n) is 7.05. The predicted octanol–water partition coefficient (Wildman–Crippen LogP) is 1.66. The van der Waals surface area contributed by atoms with Gasteiger partial charge in [0.1, 0.15) is 0 Å². The molecule has 0 spiro atoms. The van der Waals surface area contributed by atoms with Crippen molar-refractivity contribution in [3.63, 3.8) is 0 Å². The maximum atomic E-state index is 10.7. The predicted molar refractivity (Wildman–Crippen MR) is 40.9 cm³/mol. The Morgan fingerprint density at radius 2 is 1.91 bits per heavy atom. The average Bonchev–Trinajstić information content (AvgIpc) is 1.86. The Morgan fingerprint density at radius 3 is 2.36 bits per heavy atom. The van der Waals surface area contributed by atoms with Gasteiger partial charge < -0.3 is 4.74 Å². The molecule has 0 rings (SSSR count). The van der Waals surface area contributed by atoms with Gasteiger partial charge in [0, 0.05) is 13.3 Å². The number of hydrogen-bond acceptors (Lipinski definition) is 3. The molecule has 0 heterocycles. The largest absolute Gasteiger partial charge is 0.393 e. The molecule has 0 fully saturated rings. The molecular formula is C8H14O3. The lowest BCUT2D eigenvalue weighted by molar-refractivity contribution is -0.158. The second-order valence-corrected chi connectivity index (χ2v) is 2.42. The van der Waals surface area contributed by atoms with Crippen molar-refractivity contribution >= 4 is 11.9 Å². The number of carbonyl (C=O) groups is 2. The number of carbonyl (C=O) groups excluding carboxylic acids is 2. The fourth-order valence-corrected chi connectivity index (χ4v) is 0.731. The molecule has 0 unspecified atom stereocenters. The molecule has 64 valence electrons. The molecule has 0 aromatic heterocycles. The molecule has 0 N–H and O–H groups in total. The van der Waals surface area contributed by atoms with Gasteiger partial charge in [0.15, 0.2) is 0 Å². The monoisotopic (exact) mass is 158 g/mol. The molecule has 3 nitrogen and oxygen atoms in total. The second kappa shape index (κ2) is 5.89. The molecule has 0 aliphatic carbocycles. The highest BCUT2D eigenvalue weighted by molar-refractivity contribution is 5.83. The van der Waals surface area contributed by atoms with Crippen LogP contribution in [-0.4, -0.2) is 11.9 Å². The number of esters is 2. The van der Waals surface area contributed by atoms with Crippen LogP contribution in [0.15, 0.2) is 0 Å². The minimum absolute atomic E-state index is 0.355. The quantitative estimate of drug-likeness (QED) is 0.355. The van der Waals surface area contributed by atoms with E-state index < -0.39 is 11.9 Å². The van der Waals surface area contributed by atoms with Crippen molar-refractivity contribution in [1.29, 1.82) is 0 Å². The highest BCUT2D eigenvalue weighted by atomic mass is 16.6. The molecule has 0 radical (unpaired) electrons. The summed E-state index contributed by atoms with van der Waals surface area (Å²) in [5.74, 6) is -0.933. The summed E-state index contributed by atoms with van der Waals surface area (Å²) in [6.45, 7) is 3.29. The van der Waals surface area contributed by atoms with Crippen molar-refractivity contribution < 1.29 is 14.3 Å². The van der Waals surface area contributed by atoms with Crippen LogP contribution in [0.5, 0.6) is 0 Å². The first-order chi connectivity index (χ1) is 5.16. The van der Waals surface area contributed by atoms with E-state index in [2.05, 4.69) is 11.7 Å². The van der Waals surface area contributed by atoms with Crippen molar-refractivity contribution in [2.75, 3.05) is 0 Å². The van der Waals surface area contributed by atoms with Crippen LogP contribution in [0.4, 0.5) is 0 Å². The van der Waals surface area contributed by atoms with Crippen LogP contribution >= 0.6 is 0 Å². The summed E-state index contributed by atoms with van der Waals surface area (Å²) < 4.78 is 4.32. The first kappa shape index (κ1) is 10.1. The van der Waals surface area contributed by atoms with Gasteiger partial charge in [-0.2, -0.15) is 0 Å². The van der Waals surface area contributed by atoms with Crippen molar-refractivity contribution in [1.82, 2.24) is 0 Å². The Morgan fingerprint density at radius 1 is 1.27 bits per heavy atom. The number of hydrogen-bond donors (Lipinski definition) is 0. The smallest absolute Gasteiger partial charge is 0.313 e. The van der Waals surface area contributed by atoms with Gasteiger partial charge >= 0.3 is 11.9 Å². The van der Waals surface area contributed by atoms with Gasteiger partial charge in [-0.1, -0.05) is 19.8 Å². The molecule has 0 aliphatic rings. The van der Waals surface area contributed by atoms with Gasteiger partial charge in [0.25, 0.3) is 0 Å². The normalized spacial score (nSPS) is 9.27. The fraction of sp³-hybridized carbons (Fsp3) is 0.750. The molecule has 0 aromatic carbocycles. The van der Waals surface area contributed by atoms with Gasteiger partial charge in [0.05, 0.1) is 0 Å². The van der Waals surface area contributed by atoms with Crippen LogP contribution in [-0.2, 0) is 14.3 Å². The summed E-state index contributed by atoms with van der Waals surface area (Å²) in [6.07, 6.45) is 3.23. The zero-order valence-corrected chi connectivity index (χ0v) is 7.05. The summed E-state index contributed by atoms with van der Waals surface area (Å²) in [5, 5.41) is 0. The van der Waals surface area contributed by atoms with Crippen LogP contribution < -0.4 is 0 Å². The first-order valence-electron chi connectivity index (χ1n) is 3.88. The Hall–Kier alpha value is -0.860. The van der Waals surface area contributed by atoms with Crippen LogP contribution in [0.3, 0.4) is 0 Å². The van der Waals surface area contributed by atoms with E-state index in [9.17, 15) is 9.59 Å². The summed E-state index contributed by atoms with van der Waals surface area (Å²) in [5.41, 5.74) is 0. The van der Waals surface area contributed by atoms with Crippen LogP contribution in [0.2, 0.25) is 0 Å². The Balaban J connectivity index is 3.30. The number of ether oxygens (including phenoxy) is 1. The molecule has 0 aromatic rings. The highest BCUT2D eigenvalue weighted by Gasteiger charge is 2.03. The van der Waals surface area contributed by atoms with Crippen molar-refractivity contribution in [2.45, 2.75) is 39.5 Å². The maximum Gasteiger partial charge on any atom is 0.313 e. The first-order valence-corrected chi connectivity index (χ1v) is 3.88. The molecule has 0 saturated carbocycles. The Bertz CT molecular complexity index is 140. The SMILES string of the molecule is CCCCCC(=O)OC(C)=O. The Kier molecular flexibility index (Phi) is 5.43. The van der Waals surface area contributed by atoms with E-state index in [0.29, 0.717) is 6.42 Å². The van der Waals surface area contributed by atoms with E-state index in [1.165, 1.54) is 6.92 Å². The lowest BCUT2D eigenvalue weighted by atomic mass is 10.2. The second-order valence-electron chi connectivity index (χ2n) is 2.42. The lowest BCUT2D eigenvalue weighted by Gasteiger charge is -1.97. The summed E-state index contributed by atoms with van der Waals surface area (Å²) >= 11 is 0. The van der Waals surface area contributed by atoms with E-state index in [-0.39, 0.29) is 0 Å². The maximum absolute atomic E-state index is 10.7. The minimum atomic E-state index is -0.522.